The minimum absolute atomic E-state index is 0.898. The highest BCUT2D eigenvalue weighted by molar-refractivity contribution is 5.14. The molecular weight excluding hydrogens is 156 g/mol. The highest BCUT2D eigenvalue weighted by Gasteiger charge is 2.64. The Labute approximate surface area is 83.1 Å². The molecule has 2 rings (SSSR count). The van der Waals surface area contributed by atoms with E-state index >= 15 is 0 Å². The quantitative estimate of drug-likeness (QED) is 0.593. The van der Waals surface area contributed by atoms with Crippen molar-refractivity contribution in [2.45, 2.75) is 59.3 Å². The van der Waals surface area contributed by atoms with Crippen molar-refractivity contribution in [3.05, 3.63) is 0 Å². The van der Waals surface area contributed by atoms with Crippen LogP contribution < -0.4 is 0 Å². The van der Waals surface area contributed by atoms with E-state index < -0.39 is 0 Å². The summed E-state index contributed by atoms with van der Waals surface area (Å²) in [5, 5.41) is 0. The summed E-state index contributed by atoms with van der Waals surface area (Å²) in [6.45, 7) is 7.05. The lowest BCUT2D eigenvalue weighted by Gasteiger charge is -2.34. The molecule has 0 aromatic heterocycles. The van der Waals surface area contributed by atoms with E-state index in [-0.39, 0.29) is 0 Å². The Morgan fingerprint density at radius 3 is 2.62 bits per heavy atom. The van der Waals surface area contributed by atoms with Crippen molar-refractivity contribution in [2.75, 3.05) is 0 Å². The molecule has 0 bridgehead atoms. The summed E-state index contributed by atoms with van der Waals surface area (Å²) in [7, 11) is 0. The summed E-state index contributed by atoms with van der Waals surface area (Å²) >= 11 is 0. The Bertz CT molecular complexity index is 182. The van der Waals surface area contributed by atoms with Crippen LogP contribution in [0.4, 0.5) is 0 Å². The fraction of sp³-hybridized carbons (Fsp3) is 1.00. The predicted molar refractivity (Wildman–Crippen MR) is 57.6 cm³/mol. The van der Waals surface area contributed by atoms with Crippen LogP contribution in [0, 0.1) is 23.2 Å². The van der Waals surface area contributed by atoms with Gasteiger partial charge in [0.15, 0.2) is 0 Å². The van der Waals surface area contributed by atoms with E-state index in [1.165, 1.54) is 25.2 Å². The van der Waals surface area contributed by atoms with E-state index in [1.807, 2.05) is 0 Å². The van der Waals surface area contributed by atoms with Gasteiger partial charge in [-0.2, -0.15) is 0 Å². The molecule has 0 nitrogen and oxygen atoms in total. The molecule has 0 spiro atoms. The maximum Gasteiger partial charge on any atom is -0.0261 e. The van der Waals surface area contributed by atoms with Crippen LogP contribution in [-0.4, -0.2) is 0 Å². The zero-order chi connectivity index (χ0) is 9.47. The van der Waals surface area contributed by atoms with Gasteiger partial charge in [-0.25, -0.2) is 0 Å². The highest BCUT2D eigenvalue weighted by atomic mass is 14.7. The molecule has 3 atom stereocenters. The Kier molecular flexibility index (Phi) is 2.42. The first-order valence-corrected chi connectivity index (χ1v) is 6.18. The van der Waals surface area contributed by atoms with Crippen LogP contribution in [0.1, 0.15) is 59.3 Å². The van der Waals surface area contributed by atoms with Crippen molar-refractivity contribution in [1.82, 2.24) is 0 Å². The van der Waals surface area contributed by atoms with Crippen LogP contribution in [0.2, 0.25) is 0 Å². The van der Waals surface area contributed by atoms with Gasteiger partial charge >= 0.3 is 0 Å². The molecule has 13 heavy (non-hydrogen) atoms. The van der Waals surface area contributed by atoms with Crippen molar-refractivity contribution in [3.8, 4) is 0 Å². The van der Waals surface area contributed by atoms with Crippen LogP contribution in [0.25, 0.3) is 0 Å². The molecule has 2 aliphatic rings. The average Bonchev–Trinajstić information content (AvgIpc) is 2.60. The molecule has 0 N–H and O–H groups in total. The standard InChI is InChI=1S/C13H24/c1-4-11-8-13(9-12(11)13)7-5-6-10(2)3/h10-12H,4-9H2,1-3H3. The lowest BCUT2D eigenvalue weighted by molar-refractivity contribution is 0.157. The molecule has 2 saturated carbocycles. The first-order chi connectivity index (χ1) is 6.18. The molecule has 0 aliphatic heterocycles. The molecule has 0 amide bonds. The fourth-order valence-electron chi connectivity index (χ4n) is 3.47. The molecule has 0 heterocycles. The molecule has 0 radical (unpaired) electrons. The highest BCUT2D eigenvalue weighted by Crippen LogP contribution is 2.73. The van der Waals surface area contributed by atoms with Crippen molar-refractivity contribution >= 4 is 0 Å². The van der Waals surface area contributed by atoms with Crippen LogP contribution >= 0.6 is 0 Å². The smallest absolute Gasteiger partial charge is 0.0261 e. The molecule has 2 aliphatic carbocycles. The van der Waals surface area contributed by atoms with Crippen molar-refractivity contribution in [2.24, 2.45) is 23.2 Å². The van der Waals surface area contributed by atoms with E-state index in [1.54, 1.807) is 19.3 Å². The van der Waals surface area contributed by atoms with E-state index in [4.69, 9.17) is 0 Å². The monoisotopic (exact) mass is 180 g/mol. The summed E-state index contributed by atoms with van der Waals surface area (Å²) in [5.41, 5.74) is 0.898. The molecule has 0 aromatic rings. The second-order valence-corrected chi connectivity index (χ2v) is 5.83. The lowest BCUT2D eigenvalue weighted by Crippen LogP contribution is -2.25. The van der Waals surface area contributed by atoms with E-state index in [0.717, 1.165) is 17.3 Å². The second kappa shape index (κ2) is 3.29. The largest absolute Gasteiger partial charge is 0.0651 e. The fourth-order valence-corrected chi connectivity index (χ4v) is 3.47. The molecule has 3 unspecified atom stereocenters. The first kappa shape index (κ1) is 9.55. The SMILES string of the molecule is CCC1CC2(CCCC(C)C)CC12. The number of hydrogen-bond donors (Lipinski definition) is 0. The summed E-state index contributed by atoms with van der Waals surface area (Å²) in [6.07, 6.45) is 9.09. The maximum atomic E-state index is 2.36. The van der Waals surface area contributed by atoms with E-state index in [0.29, 0.717) is 0 Å². The molecule has 2 fully saturated rings. The van der Waals surface area contributed by atoms with Gasteiger partial charge in [0.25, 0.3) is 0 Å². The van der Waals surface area contributed by atoms with Gasteiger partial charge in [-0.1, -0.05) is 40.0 Å². The zero-order valence-electron chi connectivity index (χ0n) is 9.47. The Morgan fingerprint density at radius 2 is 2.08 bits per heavy atom. The Hall–Kier alpha value is 0. The third-order valence-electron chi connectivity index (χ3n) is 4.47. The number of hydrogen-bond acceptors (Lipinski definition) is 0. The van der Waals surface area contributed by atoms with E-state index in [9.17, 15) is 0 Å². The summed E-state index contributed by atoms with van der Waals surface area (Å²) in [5.74, 6) is 3.21. The van der Waals surface area contributed by atoms with Gasteiger partial charge in [0, 0.05) is 0 Å². The molecular formula is C13H24. The Morgan fingerprint density at radius 1 is 1.31 bits per heavy atom. The first-order valence-electron chi connectivity index (χ1n) is 6.18. The van der Waals surface area contributed by atoms with Crippen LogP contribution in [0.3, 0.4) is 0 Å². The van der Waals surface area contributed by atoms with Gasteiger partial charge in [0.05, 0.1) is 0 Å². The molecule has 76 valence electrons. The lowest BCUT2D eigenvalue weighted by atomic mass is 9.71. The topological polar surface area (TPSA) is 0 Å². The third kappa shape index (κ3) is 1.65. The average molecular weight is 180 g/mol. The van der Waals surface area contributed by atoms with Gasteiger partial charge in [-0.3, -0.25) is 0 Å². The van der Waals surface area contributed by atoms with Crippen LogP contribution in [-0.2, 0) is 0 Å². The van der Waals surface area contributed by atoms with Crippen molar-refractivity contribution in [3.63, 3.8) is 0 Å². The summed E-state index contributed by atoms with van der Waals surface area (Å²) in [4.78, 5) is 0. The van der Waals surface area contributed by atoms with Gasteiger partial charge in [0.2, 0.25) is 0 Å². The third-order valence-corrected chi connectivity index (χ3v) is 4.47. The summed E-state index contributed by atoms with van der Waals surface area (Å²) in [6, 6.07) is 0. The van der Waals surface area contributed by atoms with Crippen LogP contribution in [0.15, 0.2) is 0 Å². The van der Waals surface area contributed by atoms with Crippen LogP contribution in [0.5, 0.6) is 0 Å². The van der Waals surface area contributed by atoms with Gasteiger partial charge in [0.1, 0.15) is 0 Å². The zero-order valence-corrected chi connectivity index (χ0v) is 9.47. The van der Waals surface area contributed by atoms with Gasteiger partial charge in [-0.05, 0) is 42.4 Å². The second-order valence-electron chi connectivity index (χ2n) is 5.83. The molecule has 0 saturated heterocycles. The minimum Gasteiger partial charge on any atom is -0.0651 e. The van der Waals surface area contributed by atoms with Gasteiger partial charge in [-0.15, -0.1) is 0 Å². The summed E-state index contributed by atoms with van der Waals surface area (Å²) < 4.78 is 0. The predicted octanol–water partition coefficient (Wildman–Crippen LogP) is 4.25. The Balaban J connectivity index is 1.64. The number of rotatable bonds is 5. The van der Waals surface area contributed by atoms with Gasteiger partial charge < -0.3 is 0 Å². The van der Waals surface area contributed by atoms with Crippen molar-refractivity contribution < 1.29 is 0 Å². The van der Waals surface area contributed by atoms with Crippen molar-refractivity contribution in [1.29, 1.82) is 0 Å². The molecule has 0 heteroatoms. The minimum atomic E-state index is 0.898. The normalized spacial score (nSPS) is 41.5. The maximum absolute atomic E-state index is 2.36. The number of fused-ring (bicyclic) bond motifs is 1. The van der Waals surface area contributed by atoms with E-state index in [2.05, 4.69) is 20.8 Å². The molecule has 0 aromatic carbocycles.